The van der Waals surface area contributed by atoms with Crippen molar-refractivity contribution < 1.29 is 9.53 Å². The van der Waals surface area contributed by atoms with Crippen LogP contribution in [0.2, 0.25) is 0 Å². The summed E-state index contributed by atoms with van der Waals surface area (Å²) in [5.41, 5.74) is 8.70. The van der Waals surface area contributed by atoms with Crippen LogP contribution >= 0.6 is 0 Å². The SMILES string of the molecule is CNCCCN(C)c1cc(C)c(N)c(C(=O)OC)c1. The van der Waals surface area contributed by atoms with Gasteiger partial charge in [0.25, 0.3) is 0 Å². The van der Waals surface area contributed by atoms with Crippen LogP contribution in [-0.2, 0) is 4.74 Å². The molecule has 0 bridgehead atoms. The predicted molar refractivity (Wildman–Crippen MR) is 78.7 cm³/mol. The molecule has 1 aromatic carbocycles. The van der Waals surface area contributed by atoms with E-state index in [0.29, 0.717) is 11.3 Å². The number of hydrogen-bond acceptors (Lipinski definition) is 5. The summed E-state index contributed by atoms with van der Waals surface area (Å²) >= 11 is 0. The summed E-state index contributed by atoms with van der Waals surface area (Å²) in [4.78, 5) is 13.8. The number of nitrogens with two attached hydrogens (primary N) is 1. The van der Waals surface area contributed by atoms with Crippen molar-refractivity contribution in [3.05, 3.63) is 23.3 Å². The van der Waals surface area contributed by atoms with Crippen LogP contribution in [0.1, 0.15) is 22.3 Å². The molecule has 0 saturated heterocycles. The van der Waals surface area contributed by atoms with E-state index in [9.17, 15) is 4.79 Å². The Kier molecular flexibility index (Phi) is 5.63. The van der Waals surface area contributed by atoms with Gasteiger partial charge in [-0.1, -0.05) is 0 Å². The van der Waals surface area contributed by atoms with Crippen molar-refractivity contribution in [1.29, 1.82) is 0 Å². The minimum Gasteiger partial charge on any atom is -0.465 e. The maximum Gasteiger partial charge on any atom is 0.340 e. The quantitative estimate of drug-likeness (QED) is 0.462. The molecule has 0 saturated carbocycles. The molecule has 0 fully saturated rings. The van der Waals surface area contributed by atoms with Crippen LogP contribution in [0.3, 0.4) is 0 Å². The first-order valence-electron chi connectivity index (χ1n) is 6.35. The second-order valence-corrected chi connectivity index (χ2v) is 4.59. The Balaban J connectivity index is 2.96. The van der Waals surface area contributed by atoms with Gasteiger partial charge in [0.1, 0.15) is 0 Å². The first-order chi connectivity index (χ1) is 9.01. The molecule has 0 unspecified atom stereocenters. The molecular weight excluding hydrogens is 242 g/mol. The maximum absolute atomic E-state index is 11.7. The zero-order valence-electron chi connectivity index (χ0n) is 12.1. The molecule has 3 N–H and O–H groups in total. The van der Waals surface area contributed by atoms with Crippen LogP contribution in [0.5, 0.6) is 0 Å². The lowest BCUT2D eigenvalue weighted by atomic mass is 10.1. The van der Waals surface area contributed by atoms with Gasteiger partial charge in [-0.05, 0) is 44.6 Å². The molecule has 0 aliphatic heterocycles. The van der Waals surface area contributed by atoms with E-state index < -0.39 is 5.97 Å². The van der Waals surface area contributed by atoms with E-state index >= 15 is 0 Å². The molecule has 0 radical (unpaired) electrons. The third-order valence-corrected chi connectivity index (χ3v) is 3.14. The molecule has 0 spiro atoms. The number of carbonyl (C=O) groups excluding carboxylic acids is 1. The van der Waals surface area contributed by atoms with E-state index in [-0.39, 0.29) is 0 Å². The number of anilines is 2. The zero-order chi connectivity index (χ0) is 14.4. The van der Waals surface area contributed by atoms with Crippen LogP contribution in [0.4, 0.5) is 11.4 Å². The molecule has 106 valence electrons. The van der Waals surface area contributed by atoms with Crippen molar-refractivity contribution in [2.24, 2.45) is 0 Å². The second-order valence-electron chi connectivity index (χ2n) is 4.59. The van der Waals surface area contributed by atoms with Crippen molar-refractivity contribution in [2.45, 2.75) is 13.3 Å². The Labute approximate surface area is 114 Å². The Morgan fingerprint density at radius 3 is 2.74 bits per heavy atom. The number of benzene rings is 1. The first-order valence-corrected chi connectivity index (χ1v) is 6.35. The second kappa shape index (κ2) is 6.99. The van der Waals surface area contributed by atoms with Gasteiger partial charge in [-0.3, -0.25) is 0 Å². The summed E-state index contributed by atoms with van der Waals surface area (Å²) in [5, 5.41) is 3.11. The van der Waals surface area contributed by atoms with E-state index in [4.69, 9.17) is 10.5 Å². The Morgan fingerprint density at radius 1 is 1.47 bits per heavy atom. The minimum atomic E-state index is -0.397. The van der Waals surface area contributed by atoms with Crippen molar-refractivity contribution in [3.63, 3.8) is 0 Å². The first kappa shape index (κ1) is 15.3. The topological polar surface area (TPSA) is 67.6 Å². The summed E-state index contributed by atoms with van der Waals surface area (Å²) in [5.74, 6) is -0.397. The third-order valence-electron chi connectivity index (χ3n) is 3.14. The monoisotopic (exact) mass is 265 g/mol. The summed E-state index contributed by atoms with van der Waals surface area (Å²) in [7, 11) is 5.30. The van der Waals surface area contributed by atoms with Gasteiger partial charge in [-0.25, -0.2) is 4.79 Å². The Bertz CT molecular complexity index is 447. The highest BCUT2D eigenvalue weighted by atomic mass is 16.5. The average molecular weight is 265 g/mol. The van der Waals surface area contributed by atoms with Gasteiger partial charge in [0.05, 0.1) is 12.7 Å². The van der Waals surface area contributed by atoms with E-state index in [1.165, 1.54) is 7.11 Å². The molecule has 0 aliphatic rings. The molecule has 1 rings (SSSR count). The van der Waals surface area contributed by atoms with E-state index in [2.05, 4.69) is 10.2 Å². The van der Waals surface area contributed by atoms with Gasteiger partial charge in [0, 0.05) is 25.0 Å². The smallest absolute Gasteiger partial charge is 0.340 e. The summed E-state index contributed by atoms with van der Waals surface area (Å²) in [6.45, 7) is 3.76. The van der Waals surface area contributed by atoms with Crippen molar-refractivity contribution in [2.75, 3.05) is 44.9 Å². The number of hydrogen-bond donors (Lipinski definition) is 2. The highest BCUT2D eigenvalue weighted by Crippen LogP contribution is 2.25. The van der Waals surface area contributed by atoms with Crippen molar-refractivity contribution in [3.8, 4) is 0 Å². The summed E-state index contributed by atoms with van der Waals surface area (Å²) < 4.78 is 4.76. The van der Waals surface area contributed by atoms with Gasteiger partial charge < -0.3 is 20.7 Å². The van der Waals surface area contributed by atoms with Gasteiger partial charge in [0.2, 0.25) is 0 Å². The fourth-order valence-electron chi connectivity index (χ4n) is 1.90. The van der Waals surface area contributed by atoms with Crippen LogP contribution in [0.15, 0.2) is 12.1 Å². The van der Waals surface area contributed by atoms with E-state index in [1.807, 2.05) is 27.1 Å². The lowest BCUT2D eigenvalue weighted by molar-refractivity contribution is 0.0602. The van der Waals surface area contributed by atoms with E-state index in [0.717, 1.165) is 30.8 Å². The number of rotatable bonds is 6. The fourth-order valence-corrected chi connectivity index (χ4v) is 1.90. The van der Waals surface area contributed by atoms with Crippen LogP contribution in [0.25, 0.3) is 0 Å². The normalized spacial score (nSPS) is 10.3. The fraction of sp³-hybridized carbons (Fsp3) is 0.500. The summed E-state index contributed by atoms with van der Waals surface area (Å²) in [6.07, 6.45) is 1.03. The predicted octanol–water partition coefficient (Wildman–Crippen LogP) is 1.41. The molecule has 0 atom stereocenters. The number of ether oxygens (including phenoxy) is 1. The van der Waals surface area contributed by atoms with Crippen LogP contribution in [-0.4, -0.2) is 40.3 Å². The Morgan fingerprint density at radius 2 is 2.16 bits per heavy atom. The number of methoxy groups -OCH3 is 1. The number of esters is 1. The van der Waals surface area contributed by atoms with Crippen LogP contribution < -0.4 is 16.0 Å². The minimum absolute atomic E-state index is 0.397. The number of nitrogens with one attached hydrogen (secondary N) is 1. The number of nitrogens with zero attached hydrogens (tertiary/aromatic N) is 1. The van der Waals surface area contributed by atoms with Crippen LogP contribution in [0, 0.1) is 6.92 Å². The third kappa shape index (κ3) is 3.86. The van der Waals surface area contributed by atoms with E-state index in [1.54, 1.807) is 6.07 Å². The van der Waals surface area contributed by atoms with Gasteiger partial charge in [0.15, 0.2) is 0 Å². The van der Waals surface area contributed by atoms with Crippen molar-refractivity contribution >= 4 is 17.3 Å². The molecule has 0 aliphatic carbocycles. The lowest BCUT2D eigenvalue weighted by Crippen LogP contribution is -2.23. The standard InChI is InChI=1S/C14H23N3O2/c1-10-8-11(17(3)7-5-6-16-2)9-12(13(10)15)14(18)19-4/h8-9,16H,5-7,15H2,1-4H3. The maximum atomic E-state index is 11.7. The molecule has 0 aromatic heterocycles. The molecule has 19 heavy (non-hydrogen) atoms. The van der Waals surface area contributed by atoms with Crippen molar-refractivity contribution in [1.82, 2.24) is 5.32 Å². The zero-order valence-corrected chi connectivity index (χ0v) is 12.1. The number of carbonyl (C=O) groups is 1. The molecular formula is C14H23N3O2. The molecule has 1 aromatic rings. The number of aryl methyl sites for hydroxylation is 1. The lowest BCUT2D eigenvalue weighted by Gasteiger charge is -2.21. The number of nitrogen functional groups attached to an aromatic ring is 1. The summed E-state index contributed by atoms with van der Waals surface area (Å²) in [6, 6.07) is 3.77. The van der Waals surface area contributed by atoms with Gasteiger partial charge in [-0.2, -0.15) is 0 Å². The van der Waals surface area contributed by atoms with Gasteiger partial charge >= 0.3 is 5.97 Å². The molecule has 5 heteroatoms. The highest BCUT2D eigenvalue weighted by molar-refractivity contribution is 5.97. The molecule has 0 amide bonds. The molecule has 5 nitrogen and oxygen atoms in total. The average Bonchev–Trinajstić information content (AvgIpc) is 2.40. The molecule has 0 heterocycles. The highest BCUT2D eigenvalue weighted by Gasteiger charge is 2.14. The largest absolute Gasteiger partial charge is 0.465 e. The van der Waals surface area contributed by atoms with Gasteiger partial charge in [-0.15, -0.1) is 0 Å². The Hall–Kier alpha value is -1.75.